The topological polar surface area (TPSA) is 50.1 Å². The molecule has 5 aliphatic carbocycles. The average molecular weight is 431 g/mol. The predicted octanol–water partition coefficient (Wildman–Crippen LogP) is 5.84. The third kappa shape index (κ3) is 2.16. The molecule has 2 spiro atoms. The summed E-state index contributed by atoms with van der Waals surface area (Å²) in [4.78, 5) is 12.4. The second-order valence-corrected chi connectivity index (χ2v) is 10.8. The third-order valence-corrected chi connectivity index (χ3v) is 9.73. The fourth-order valence-electron chi connectivity index (χ4n) is 8.27. The predicted molar refractivity (Wildman–Crippen MR) is 112 cm³/mol. The maximum absolute atomic E-state index is 13.7. The van der Waals surface area contributed by atoms with Gasteiger partial charge in [0.15, 0.2) is 0 Å². The molecule has 4 unspecified atom stereocenters. The van der Waals surface area contributed by atoms with E-state index in [1.54, 1.807) is 12.1 Å². The van der Waals surface area contributed by atoms with Gasteiger partial charge in [-0.2, -0.15) is 5.26 Å². The van der Waals surface area contributed by atoms with E-state index >= 15 is 0 Å². The van der Waals surface area contributed by atoms with Crippen LogP contribution >= 0.6 is 0 Å². The lowest BCUT2D eigenvalue weighted by atomic mass is 9.67. The van der Waals surface area contributed by atoms with Crippen LogP contribution in [-0.4, -0.2) is 5.97 Å². The van der Waals surface area contributed by atoms with Gasteiger partial charge in [0, 0.05) is 12.1 Å². The SMILES string of the molecule is CC1C2C1C21C2C1C21CCC(c2ccc(C(=O)Oc3cc(F)c(C#N)c(F)c3)cc2)CC1. The number of halogens is 2. The number of nitriles is 1. The summed E-state index contributed by atoms with van der Waals surface area (Å²) in [6.07, 6.45) is 5.15. The number of fused-ring (bicyclic) bond motifs is 8. The first-order valence-corrected chi connectivity index (χ1v) is 11.6. The molecule has 7 rings (SSSR count). The van der Waals surface area contributed by atoms with Crippen molar-refractivity contribution in [3.8, 4) is 11.8 Å². The summed E-state index contributed by atoms with van der Waals surface area (Å²) >= 11 is 0. The van der Waals surface area contributed by atoms with Crippen molar-refractivity contribution < 1.29 is 18.3 Å². The van der Waals surface area contributed by atoms with Crippen LogP contribution in [0.5, 0.6) is 5.75 Å². The molecule has 0 N–H and O–H groups in total. The van der Waals surface area contributed by atoms with Crippen LogP contribution in [0.1, 0.15) is 60.0 Å². The maximum Gasteiger partial charge on any atom is 0.343 e. The fourth-order valence-corrected chi connectivity index (χ4v) is 8.27. The highest BCUT2D eigenvalue weighted by Gasteiger charge is 3.07. The lowest BCUT2D eigenvalue weighted by molar-refractivity contribution is 0.0734. The Labute approximate surface area is 185 Å². The molecule has 0 bridgehead atoms. The Bertz CT molecular complexity index is 1170. The lowest BCUT2D eigenvalue weighted by Crippen LogP contribution is -2.28. The van der Waals surface area contributed by atoms with Crippen LogP contribution in [0.3, 0.4) is 0 Å². The van der Waals surface area contributed by atoms with Gasteiger partial charge < -0.3 is 4.74 Å². The van der Waals surface area contributed by atoms with Crippen LogP contribution in [-0.2, 0) is 0 Å². The summed E-state index contributed by atoms with van der Waals surface area (Å²) < 4.78 is 32.6. The Morgan fingerprint density at radius 3 is 2.19 bits per heavy atom. The molecule has 0 aliphatic heterocycles. The Balaban J connectivity index is 0.976. The number of esters is 1. The molecule has 5 saturated carbocycles. The minimum Gasteiger partial charge on any atom is -0.423 e. The van der Waals surface area contributed by atoms with Crippen molar-refractivity contribution in [2.45, 2.75) is 38.5 Å². The van der Waals surface area contributed by atoms with Gasteiger partial charge in [0.05, 0.1) is 5.56 Å². The van der Waals surface area contributed by atoms with Gasteiger partial charge in [-0.25, -0.2) is 13.6 Å². The van der Waals surface area contributed by atoms with Crippen molar-refractivity contribution in [3.63, 3.8) is 0 Å². The number of benzene rings is 2. The van der Waals surface area contributed by atoms with E-state index in [2.05, 4.69) is 6.92 Å². The van der Waals surface area contributed by atoms with Crippen LogP contribution in [0.2, 0.25) is 0 Å². The normalized spacial score (nSPS) is 41.4. The zero-order valence-corrected chi connectivity index (χ0v) is 17.8. The number of hydrogen-bond acceptors (Lipinski definition) is 3. The molecule has 0 amide bonds. The minimum absolute atomic E-state index is 0.255. The quantitative estimate of drug-likeness (QED) is 0.453. The molecule has 2 aromatic rings. The monoisotopic (exact) mass is 431 g/mol. The standard InChI is InChI=1S/C27H23F2NO2/c1-13-21-22(13)27(21)23-24(27)26(23)8-6-15(7-9-26)14-2-4-16(5-3-14)25(31)32-17-10-19(28)18(12-30)20(29)11-17/h2-5,10-11,13,15,21-24H,6-9H2,1H3. The Morgan fingerprint density at radius 1 is 1.06 bits per heavy atom. The summed E-state index contributed by atoms with van der Waals surface area (Å²) in [5.41, 5.74) is 2.44. The van der Waals surface area contributed by atoms with Gasteiger partial charge in [-0.3, -0.25) is 0 Å². The summed E-state index contributed by atoms with van der Waals surface area (Å²) in [7, 11) is 0. The molecular weight excluding hydrogens is 408 g/mol. The summed E-state index contributed by atoms with van der Waals surface area (Å²) in [5, 5.41) is 8.74. The highest BCUT2D eigenvalue weighted by Crippen LogP contribution is 3.10. The van der Waals surface area contributed by atoms with Crippen LogP contribution in [0.15, 0.2) is 36.4 Å². The van der Waals surface area contributed by atoms with Crippen molar-refractivity contribution in [1.82, 2.24) is 0 Å². The second-order valence-electron chi connectivity index (χ2n) is 10.8. The van der Waals surface area contributed by atoms with E-state index < -0.39 is 23.2 Å². The Morgan fingerprint density at radius 2 is 1.66 bits per heavy atom. The number of carbonyl (C=O) groups excluding carboxylic acids is 1. The van der Waals surface area contributed by atoms with E-state index in [0.29, 0.717) is 16.9 Å². The molecule has 3 nitrogen and oxygen atoms in total. The first-order valence-electron chi connectivity index (χ1n) is 11.6. The van der Waals surface area contributed by atoms with Gasteiger partial charge in [0.2, 0.25) is 0 Å². The molecule has 0 saturated heterocycles. The molecule has 0 aromatic heterocycles. The lowest BCUT2D eigenvalue weighted by Gasteiger charge is -2.37. The Hall–Kier alpha value is -2.74. The first kappa shape index (κ1) is 18.8. The number of nitrogens with zero attached hydrogens (tertiary/aromatic N) is 1. The summed E-state index contributed by atoms with van der Waals surface area (Å²) in [6.45, 7) is 2.42. The molecule has 32 heavy (non-hydrogen) atoms. The van der Waals surface area contributed by atoms with Crippen molar-refractivity contribution in [2.75, 3.05) is 0 Å². The van der Waals surface area contributed by atoms with Crippen molar-refractivity contribution in [3.05, 3.63) is 64.7 Å². The number of rotatable bonds is 3. The fraction of sp³-hybridized carbons (Fsp3) is 0.481. The Kier molecular flexibility index (Phi) is 3.40. The molecule has 2 aromatic carbocycles. The molecule has 5 fully saturated rings. The number of hydrogen-bond donors (Lipinski definition) is 0. The third-order valence-electron chi connectivity index (χ3n) is 9.73. The average Bonchev–Trinajstić information content (AvgIpc) is 3.68. The van der Waals surface area contributed by atoms with E-state index in [1.165, 1.54) is 37.3 Å². The van der Waals surface area contributed by atoms with Gasteiger partial charge in [-0.05, 0) is 89.7 Å². The molecule has 0 heterocycles. The van der Waals surface area contributed by atoms with E-state index in [0.717, 1.165) is 47.1 Å². The second kappa shape index (κ2) is 5.78. The van der Waals surface area contributed by atoms with Gasteiger partial charge >= 0.3 is 5.97 Å². The molecular formula is C27H23F2NO2. The first-order chi connectivity index (χ1) is 15.4. The van der Waals surface area contributed by atoms with Crippen LogP contribution in [0, 0.1) is 63.4 Å². The zero-order chi connectivity index (χ0) is 22.0. The molecule has 4 atom stereocenters. The highest BCUT2D eigenvalue weighted by atomic mass is 19.1. The zero-order valence-electron chi connectivity index (χ0n) is 17.8. The van der Waals surface area contributed by atoms with Crippen molar-refractivity contribution in [1.29, 1.82) is 5.26 Å². The summed E-state index contributed by atoms with van der Waals surface area (Å²) in [5.74, 6) is 2.87. The maximum atomic E-state index is 13.7. The van der Waals surface area contributed by atoms with Gasteiger partial charge in [-0.15, -0.1) is 0 Å². The van der Waals surface area contributed by atoms with Gasteiger partial charge in [-0.1, -0.05) is 19.1 Å². The largest absolute Gasteiger partial charge is 0.423 e. The molecule has 5 heteroatoms. The van der Waals surface area contributed by atoms with E-state index in [9.17, 15) is 13.6 Å². The van der Waals surface area contributed by atoms with Crippen LogP contribution in [0.4, 0.5) is 8.78 Å². The molecule has 5 aliphatic rings. The van der Waals surface area contributed by atoms with Crippen molar-refractivity contribution in [2.24, 2.45) is 40.4 Å². The van der Waals surface area contributed by atoms with E-state index in [1.807, 2.05) is 12.1 Å². The molecule has 162 valence electrons. The van der Waals surface area contributed by atoms with Gasteiger partial charge in [0.25, 0.3) is 0 Å². The smallest absolute Gasteiger partial charge is 0.343 e. The number of ether oxygens (including phenoxy) is 1. The number of carbonyl (C=O) groups is 1. The minimum atomic E-state index is -1.05. The molecule has 0 radical (unpaired) electrons. The van der Waals surface area contributed by atoms with E-state index in [4.69, 9.17) is 10.00 Å². The summed E-state index contributed by atoms with van der Waals surface area (Å²) in [6, 6.07) is 10.6. The van der Waals surface area contributed by atoms with Crippen LogP contribution in [0.25, 0.3) is 0 Å². The van der Waals surface area contributed by atoms with E-state index in [-0.39, 0.29) is 5.75 Å². The van der Waals surface area contributed by atoms with Crippen molar-refractivity contribution >= 4 is 5.97 Å². The van der Waals surface area contributed by atoms with Crippen LogP contribution < -0.4 is 4.74 Å². The highest BCUT2D eigenvalue weighted by molar-refractivity contribution is 5.91. The van der Waals surface area contributed by atoms with Gasteiger partial charge in [0.1, 0.15) is 29.0 Å².